The maximum atomic E-state index is 13.7. The van der Waals surface area contributed by atoms with Crippen molar-refractivity contribution in [3.63, 3.8) is 0 Å². The van der Waals surface area contributed by atoms with Gasteiger partial charge >= 0.3 is 12.3 Å². The second-order valence-corrected chi connectivity index (χ2v) is 10.2. The van der Waals surface area contributed by atoms with Crippen LogP contribution in [0.2, 0.25) is 0 Å². The predicted octanol–water partition coefficient (Wildman–Crippen LogP) is 3.40. The first-order valence-electron chi connectivity index (χ1n) is 11.8. The zero-order valence-electron chi connectivity index (χ0n) is 20.5. The predicted molar refractivity (Wildman–Crippen MR) is 127 cm³/mol. The normalized spacial score (nSPS) is 18.4. The van der Waals surface area contributed by atoms with Crippen LogP contribution in [0.25, 0.3) is 16.8 Å². The third-order valence-corrected chi connectivity index (χ3v) is 6.49. The average Bonchev–Trinajstić information content (AvgIpc) is 3.44. The zero-order valence-corrected chi connectivity index (χ0v) is 20.5. The lowest BCUT2D eigenvalue weighted by molar-refractivity contribution is -0.136. The van der Waals surface area contributed by atoms with Crippen LogP contribution >= 0.6 is 0 Å². The first-order valence-corrected chi connectivity index (χ1v) is 11.8. The van der Waals surface area contributed by atoms with E-state index >= 15 is 0 Å². The van der Waals surface area contributed by atoms with E-state index in [0.717, 1.165) is 16.9 Å². The standard InChI is InChI=1S/C24H26F3N7O3/c1-23(2,3)37-22(36)32-6-4-14(11-32)33-7-5-17-15(21(33)35)8-13(10-29-17)18-9-16(24(25,26)27)19-20(28)30-12-31-34(18)19/h8-10,12,14H,4-7,11H2,1-3H3,(H2,28,30,31)/t14-/m0/s1. The van der Waals surface area contributed by atoms with E-state index in [1.54, 1.807) is 30.6 Å². The van der Waals surface area contributed by atoms with Gasteiger partial charge in [-0.15, -0.1) is 0 Å². The molecule has 1 saturated heterocycles. The number of alkyl halides is 3. The van der Waals surface area contributed by atoms with Crippen LogP contribution in [0.15, 0.2) is 24.7 Å². The number of nitrogens with two attached hydrogens (primary N) is 1. The van der Waals surface area contributed by atoms with Gasteiger partial charge in [-0.3, -0.25) is 9.78 Å². The topological polar surface area (TPSA) is 119 Å². The molecule has 10 nitrogen and oxygen atoms in total. The highest BCUT2D eigenvalue weighted by atomic mass is 19.4. The molecule has 5 heterocycles. The van der Waals surface area contributed by atoms with Crippen molar-refractivity contribution in [1.29, 1.82) is 0 Å². The molecule has 0 saturated carbocycles. The molecule has 2 aliphatic heterocycles. The number of fused-ring (bicyclic) bond motifs is 2. The van der Waals surface area contributed by atoms with Gasteiger partial charge in [0.1, 0.15) is 17.4 Å². The van der Waals surface area contributed by atoms with Gasteiger partial charge in [-0.2, -0.15) is 18.3 Å². The van der Waals surface area contributed by atoms with Crippen molar-refractivity contribution >= 4 is 23.3 Å². The fourth-order valence-electron chi connectivity index (χ4n) is 4.83. The summed E-state index contributed by atoms with van der Waals surface area (Å²) >= 11 is 0. The second kappa shape index (κ2) is 8.60. The fraction of sp³-hybridized carbons (Fsp3) is 0.458. The van der Waals surface area contributed by atoms with Crippen LogP contribution in [-0.4, -0.2) is 72.7 Å². The Bertz CT molecular complexity index is 1400. The molecule has 37 heavy (non-hydrogen) atoms. The first-order chi connectivity index (χ1) is 17.3. The summed E-state index contributed by atoms with van der Waals surface area (Å²) in [7, 11) is 0. The monoisotopic (exact) mass is 517 g/mol. The Labute approximate surface area is 210 Å². The molecule has 13 heteroatoms. The SMILES string of the molecule is CC(C)(C)OC(=O)N1CC[C@H](N2CCc3ncc(-c4cc(C(F)(F)F)c5c(N)ncnn45)cc3C2=O)C1. The minimum Gasteiger partial charge on any atom is -0.444 e. The summed E-state index contributed by atoms with van der Waals surface area (Å²) < 4.78 is 47.7. The summed E-state index contributed by atoms with van der Waals surface area (Å²) in [5, 5.41) is 3.96. The summed E-state index contributed by atoms with van der Waals surface area (Å²) in [6, 6.07) is 2.28. The summed E-state index contributed by atoms with van der Waals surface area (Å²) in [5.41, 5.74) is 5.05. The number of nitrogen functional groups attached to an aromatic ring is 1. The molecule has 2 aliphatic rings. The number of amides is 2. The molecule has 0 aromatic carbocycles. The van der Waals surface area contributed by atoms with Gasteiger partial charge in [-0.25, -0.2) is 14.3 Å². The van der Waals surface area contributed by atoms with E-state index in [9.17, 15) is 22.8 Å². The van der Waals surface area contributed by atoms with Crippen LogP contribution in [0.5, 0.6) is 0 Å². The van der Waals surface area contributed by atoms with Gasteiger partial charge in [0.2, 0.25) is 0 Å². The van der Waals surface area contributed by atoms with E-state index in [4.69, 9.17) is 10.5 Å². The summed E-state index contributed by atoms with van der Waals surface area (Å²) in [4.78, 5) is 37.3. The number of nitrogens with zero attached hydrogens (tertiary/aromatic N) is 6. The molecule has 0 aliphatic carbocycles. The molecule has 1 atom stereocenters. The highest BCUT2D eigenvalue weighted by Crippen LogP contribution is 2.39. The molecule has 196 valence electrons. The number of rotatable bonds is 2. The van der Waals surface area contributed by atoms with Crippen LogP contribution < -0.4 is 5.73 Å². The van der Waals surface area contributed by atoms with Gasteiger partial charge in [0.05, 0.1) is 28.6 Å². The number of ether oxygens (including phenoxy) is 1. The van der Waals surface area contributed by atoms with E-state index in [1.807, 2.05) is 0 Å². The van der Waals surface area contributed by atoms with Crippen molar-refractivity contribution in [3.8, 4) is 11.3 Å². The van der Waals surface area contributed by atoms with Crippen LogP contribution in [0, 0.1) is 0 Å². The minimum absolute atomic E-state index is 0.0913. The molecule has 3 aromatic heterocycles. The first kappa shape index (κ1) is 24.8. The molecule has 0 unspecified atom stereocenters. The van der Waals surface area contributed by atoms with E-state index < -0.39 is 23.4 Å². The quantitative estimate of drug-likeness (QED) is 0.553. The number of hydrogen-bond acceptors (Lipinski definition) is 7. The van der Waals surface area contributed by atoms with Gasteiger partial charge in [-0.1, -0.05) is 0 Å². The summed E-state index contributed by atoms with van der Waals surface area (Å²) in [5.74, 6) is -0.588. The number of pyridine rings is 1. The number of carbonyl (C=O) groups is 2. The Morgan fingerprint density at radius 2 is 1.92 bits per heavy atom. The Balaban J connectivity index is 1.44. The van der Waals surface area contributed by atoms with Gasteiger partial charge < -0.3 is 20.3 Å². The summed E-state index contributed by atoms with van der Waals surface area (Å²) in [6.45, 7) is 6.62. The van der Waals surface area contributed by atoms with Crippen molar-refractivity contribution < 1.29 is 27.5 Å². The summed E-state index contributed by atoms with van der Waals surface area (Å²) in [6.07, 6.45) is -1.52. The lowest BCUT2D eigenvalue weighted by Gasteiger charge is -2.33. The number of anilines is 1. The molecule has 0 radical (unpaired) electrons. The number of hydrogen-bond donors (Lipinski definition) is 1. The molecule has 1 fully saturated rings. The largest absolute Gasteiger partial charge is 0.444 e. The highest BCUT2D eigenvalue weighted by Gasteiger charge is 2.39. The molecular formula is C24H26F3N7O3. The molecule has 2 amide bonds. The number of aromatic nitrogens is 4. The Hall–Kier alpha value is -3.90. The molecule has 0 spiro atoms. The van der Waals surface area contributed by atoms with Crippen molar-refractivity contribution in [2.45, 2.75) is 51.4 Å². The molecular weight excluding hydrogens is 491 g/mol. The van der Waals surface area contributed by atoms with Crippen LogP contribution in [-0.2, 0) is 17.3 Å². The molecule has 2 N–H and O–H groups in total. The maximum absolute atomic E-state index is 13.7. The highest BCUT2D eigenvalue weighted by molar-refractivity contribution is 5.97. The lowest BCUT2D eigenvalue weighted by atomic mass is 10.00. The second-order valence-electron chi connectivity index (χ2n) is 10.2. The van der Waals surface area contributed by atoms with Crippen molar-refractivity contribution in [1.82, 2.24) is 29.4 Å². The van der Waals surface area contributed by atoms with E-state index in [2.05, 4.69) is 15.1 Å². The third kappa shape index (κ3) is 4.53. The van der Waals surface area contributed by atoms with Crippen LogP contribution in [0.4, 0.5) is 23.8 Å². The average molecular weight is 518 g/mol. The Kier molecular flexibility index (Phi) is 5.76. The number of carbonyl (C=O) groups excluding carboxylic acids is 2. The Morgan fingerprint density at radius 1 is 1.16 bits per heavy atom. The smallest absolute Gasteiger partial charge is 0.418 e. The Morgan fingerprint density at radius 3 is 2.62 bits per heavy atom. The third-order valence-electron chi connectivity index (χ3n) is 6.49. The van der Waals surface area contributed by atoms with Crippen molar-refractivity contribution in [2.75, 3.05) is 25.4 Å². The van der Waals surface area contributed by atoms with Crippen molar-refractivity contribution in [3.05, 3.63) is 41.5 Å². The molecule has 5 rings (SSSR count). The lowest BCUT2D eigenvalue weighted by Crippen LogP contribution is -2.47. The van der Waals surface area contributed by atoms with Crippen molar-refractivity contribution in [2.24, 2.45) is 0 Å². The molecule has 0 bridgehead atoms. The fourth-order valence-corrected chi connectivity index (χ4v) is 4.83. The molecule has 3 aromatic rings. The maximum Gasteiger partial charge on any atom is 0.418 e. The van der Waals surface area contributed by atoms with Crippen LogP contribution in [0.1, 0.15) is 48.8 Å². The van der Waals surface area contributed by atoms with Gasteiger partial charge in [-0.05, 0) is 39.3 Å². The van der Waals surface area contributed by atoms with Crippen LogP contribution in [0.3, 0.4) is 0 Å². The van der Waals surface area contributed by atoms with E-state index in [0.29, 0.717) is 49.3 Å². The van der Waals surface area contributed by atoms with Gasteiger partial charge in [0.15, 0.2) is 5.82 Å². The van der Waals surface area contributed by atoms with E-state index in [-0.39, 0.29) is 29.0 Å². The number of likely N-dealkylation sites (tertiary alicyclic amines) is 1. The van der Waals surface area contributed by atoms with Gasteiger partial charge in [0, 0.05) is 37.8 Å². The zero-order chi connectivity index (χ0) is 26.7. The minimum atomic E-state index is -4.68. The number of halogens is 3. The van der Waals surface area contributed by atoms with E-state index in [1.165, 1.54) is 12.3 Å². The van der Waals surface area contributed by atoms with Gasteiger partial charge in [0.25, 0.3) is 5.91 Å².